The minimum atomic E-state index is 0.603. The summed E-state index contributed by atoms with van der Waals surface area (Å²) in [4.78, 5) is 2.40. The summed E-state index contributed by atoms with van der Waals surface area (Å²) in [6, 6.07) is 2.78. The van der Waals surface area contributed by atoms with Crippen molar-refractivity contribution < 1.29 is 0 Å². The lowest BCUT2D eigenvalue weighted by atomic mass is 10.0. The highest BCUT2D eigenvalue weighted by molar-refractivity contribution is 5.40. The molecule has 0 aliphatic carbocycles. The molecule has 1 atom stereocenters. The molecule has 1 aromatic heterocycles. The van der Waals surface area contributed by atoms with E-state index in [-0.39, 0.29) is 0 Å². The molecule has 4 heteroatoms. The van der Waals surface area contributed by atoms with Crippen LogP contribution in [0.3, 0.4) is 0 Å². The average Bonchev–Trinajstić information content (AvgIpc) is 2.59. The van der Waals surface area contributed by atoms with E-state index in [0.29, 0.717) is 6.04 Å². The Hall–Kier alpha value is -1.03. The molecule has 4 nitrogen and oxygen atoms in total. The molecule has 1 aliphatic heterocycles. The van der Waals surface area contributed by atoms with E-state index >= 15 is 0 Å². The molecule has 0 bridgehead atoms. The van der Waals surface area contributed by atoms with Gasteiger partial charge in [0.1, 0.15) is 0 Å². The third-order valence-electron chi connectivity index (χ3n) is 3.44. The predicted octanol–water partition coefficient (Wildman–Crippen LogP) is 1.55. The van der Waals surface area contributed by atoms with Gasteiger partial charge in [-0.15, -0.1) is 0 Å². The van der Waals surface area contributed by atoms with Crippen molar-refractivity contribution >= 4 is 5.82 Å². The van der Waals surface area contributed by atoms with Crippen LogP contribution in [0, 0.1) is 12.8 Å². The van der Waals surface area contributed by atoms with Gasteiger partial charge in [-0.3, -0.25) is 4.68 Å². The van der Waals surface area contributed by atoms with Gasteiger partial charge in [-0.25, -0.2) is 0 Å². The van der Waals surface area contributed by atoms with Gasteiger partial charge in [0.2, 0.25) is 0 Å². The summed E-state index contributed by atoms with van der Waals surface area (Å²) in [5.74, 6) is 1.87. The van der Waals surface area contributed by atoms with Crippen molar-refractivity contribution in [1.29, 1.82) is 0 Å². The number of aryl methyl sites for hydroxylation is 2. The van der Waals surface area contributed by atoms with Crippen LogP contribution >= 0.6 is 0 Å². The second-order valence-corrected chi connectivity index (χ2v) is 5.49. The van der Waals surface area contributed by atoms with Gasteiger partial charge in [-0.05, 0) is 19.3 Å². The number of rotatable bonds is 3. The van der Waals surface area contributed by atoms with E-state index < -0.39 is 0 Å². The van der Waals surface area contributed by atoms with E-state index in [1.54, 1.807) is 0 Å². The summed E-state index contributed by atoms with van der Waals surface area (Å²) >= 11 is 0. The lowest BCUT2D eigenvalue weighted by molar-refractivity contribution is 0.386. The minimum Gasteiger partial charge on any atom is -0.352 e. The molecule has 1 saturated heterocycles. The molecule has 2 rings (SSSR count). The largest absolute Gasteiger partial charge is 0.352 e. The van der Waals surface area contributed by atoms with Crippen LogP contribution < -0.4 is 10.2 Å². The topological polar surface area (TPSA) is 33.1 Å². The zero-order chi connectivity index (χ0) is 12.4. The SMILES string of the molecule is Cc1cc(N2CCNC(CC(C)C)C2)nn1C. The molecule has 0 saturated carbocycles. The van der Waals surface area contributed by atoms with E-state index in [1.165, 1.54) is 12.1 Å². The van der Waals surface area contributed by atoms with Gasteiger partial charge in [0.25, 0.3) is 0 Å². The van der Waals surface area contributed by atoms with Crippen LogP contribution in [0.5, 0.6) is 0 Å². The maximum atomic E-state index is 4.56. The van der Waals surface area contributed by atoms with Crippen LogP contribution in [-0.2, 0) is 7.05 Å². The van der Waals surface area contributed by atoms with Gasteiger partial charge in [0, 0.05) is 44.5 Å². The van der Waals surface area contributed by atoms with Crippen molar-refractivity contribution in [2.24, 2.45) is 13.0 Å². The second kappa shape index (κ2) is 5.08. The Bertz CT molecular complexity index is 350. The molecule has 0 radical (unpaired) electrons. The number of nitrogens with zero attached hydrogens (tertiary/aromatic N) is 3. The van der Waals surface area contributed by atoms with Crippen molar-refractivity contribution in [3.05, 3.63) is 11.8 Å². The van der Waals surface area contributed by atoms with Crippen LogP contribution in [0.25, 0.3) is 0 Å². The van der Waals surface area contributed by atoms with Crippen molar-refractivity contribution in [2.45, 2.75) is 33.2 Å². The lowest BCUT2D eigenvalue weighted by Gasteiger charge is -2.34. The normalized spacial score (nSPS) is 21.2. The second-order valence-electron chi connectivity index (χ2n) is 5.49. The maximum absolute atomic E-state index is 4.56. The molecular weight excluding hydrogens is 212 g/mol. The van der Waals surface area contributed by atoms with Crippen LogP contribution in [0.15, 0.2) is 6.07 Å². The fourth-order valence-electron chi connectivity index (χ4n) is 2.46. The Kier molecular flexibility index (Phi) is 3.72. The lowest BCUT2D eigenvalue weighted by Crippen LogP contribution is -2.51. The first-order valence-electron chi connectivity index (χ1n) is 6.55. The zero-order valence-electron chi connectivity index (χ0n) is 11.4. The molecule has 0 aromatic carbocycles. The van der Waals surface area contributed by atoms with E-state index in [9.17, 15) is 0 Å². The van der Waals surface area contributed by atoms with Crippen molar-refractivity contribution in [3.63, 3.8) is 0 Å². The Labute approximate surface area is 104 Å². The van der Waals surface area contributed by atoms with Crippen molar-refractivity contribution in [1.82, 2.24) is 15.1 Å². The van der Waals surface area contributed by atoms with Crippen LogP contribution in [0.4, 0.5) is 5.82 Å². The number of hydrogen-bond donors (Lipinski definition) is 1. The van der Waals surface area contributed by atoms with Gasteiger partial charge < -0.3 is 10.2 Å². The van der Waals surface area contributed by atoms with Crippen LogP contribution in [0.2, 0.25) is 0 Å². The first-order valence-corrected chi connectivity index (χ1v) is 6.55. The van der Waals surface area contributed by atoms with Gasteiger partial charge >= 0.3 is 0 Å². The molecule has 1 fully saturated rings. The maximum Gasteiger partial charge on any atom is 0.150 e. The van der Waals surface area contributed by atoms with E-state index in [1.807, 2.05) is 11.7 Å². The molecule has 17 heavy (non-hydrogen) atoms. The Morgan fingerprint density at radius 3 is 2.88 bits per heavy atom. The smallest absolute Gasteiger partial charge is 0.150 e. The summed E-state index contributed by atoms with van der Waals surface area (Å²) < 4.78 is 1.95. The molecule has 0 amide bonds. The molecule has 1 unspecified atom stereocenters. The number of nitrogens with one attached hydrogen (secondary N) is 1. The van der Waals surface area contributed by atoms with E-state index in [0.717, 1.165) is 31.4 Å². The van der Waals surface area contributed by atoms with Gasteiger partial charge in [0.05, 0.1) is 0 Å². The van der Waals surface area contributed by atoms with E-state index in [4.69, 9.17) is 0 Å². The quantitative estimate of drug-likeness (QED) is 0.864. The molecule has 0 spiro atoms. The molecule has 96 valence electrons. The fourth-order valence-corrected chi connectivity index (χ4v) is 2.46. The minimum absolute atomic E-state index is 0.603. The Morgan fingerprint density at radius 2 is 2.29 bits per heavy atom. The average molecular weight is 236 g/mol. The highest BCUT2D eigenvalue weighted by Gasteiger charge is 2.21. The molecule has 1 N–H and O–H groups in total. The number of aromatic nitrogens is 2. The first kappa shape index (κ1) is 12.4. The summed E-state index contributed by atoms with van der Waals surface area (Å²) in [5.41, 5.74) is 1.22. The third-order valence-corrected chi connectivity index (χ3v) is 3.44. The van der Waals surface area contributed by atoms with Crippen molar-refractivity contribution in [2.75, 3.05) is 24.5 Å². The monoisotopic (exact) mass is 236 g/mol. The van der Waals surface area contributed by atoms with Crippen LogP contribution in [-0.4, -0.2) is 35.5 Å². The predicted molar refractivity (Wildman–Crippen MR) is 71.4 cm³/mol. The standard InChI is InChI=1S/C13H24N4/c1-10(2)7-12-9-17(6-5-14-12)13-8-11(3)16(4)15-13/h8,10,12,14H,5-7,9H2,1-4H3. The molecule has 2 heterocycles. The first-order chi connectivity index (χ1) is 8.06. The van der Waals surface area contributed by atoms with Gasteiger partial charge in [-0.1, -0.05) is 13.8 Å². The molecule has 1 aromatic rings. The van der Waals surface area contributed by atoms with Gasteiger partial charge in [0.15, 0.2) is 5.82 Å². The molecular formula is C13H24N4. The summed E-state index contributed by atoms with van der Waals surface area (Å²) in [6.45, 7) is 9.87. The number of hydrogen-bond acceptors (Lipinski definition) is 3. The number of piperazine rings is 1. The Balaban J connectivity index is 2.01. The summed E-state index contributed by atoms with van der Waals surface area (Å²) in [6.07, 6.45) is 1.24. The van der Waals surface area contributed by atoms with Crippen molar-refractivity contribution in [3.8, 4) is 0 Å². The number of anilines is 1. The zero-order valence-corrected chi connectivity index (χ0v) is 11.4. The third kappa shape index (κ3) is 3.00. The van der Waals surface area contributed by atoms with Gasteiger partial charge in [-0.2, -0.15) is 5.10 Å². The van der Waals surface area contributed by atoms with Crippen LogP contribution in [0.1, 0.15) is 26.0 Å². The highest BCUT2D eigenvalue weighted by Crippen LogP contribution is 2.17. The summed E-state index contributed by atoms with van der Waals surface area (Å²) in [5, 5.41) is 8.16. The fraction of sp³-hybridized carbons (Fsp3) is 0.769. The summed E-state index contributed by atoms with van der Waals surface area (Å²) in [7, 11) is 2.01. The molecule has 1 aliphatic rings. The van der Waals surface area contributed by atoms with E-state index in [2.05, 4.69) is 42.2 Å². The Morgan fingerprint density at radius 1 is 1.53 bits per heavy atom. The highest BCUT2D eigenvalue weighted by atomic mass is 15.4.